The van der Waals surface area contributed by atoms with Gasteiger partial charge in [0.25, 0.3) is 0 Å². The molecule has 1 amide bonds. The number of para-hydroxylation sites is 1. The molecule has 2 heterocycles. The number of aliphatic carboxylic acids is 1. The summed E-state index contributed by atoms with van der Waals surface area (Å²) in [6, 6.07) is 2.77. The van der Waals surface area contributed by atoms with Crippen LogP contribution < -0.4 is 21.5 Å². The molecule has 12 heteroatoms. The van der Waals surface area contributed by atoms with Gasteiger partial charge in [-0.1, -0.05) is 30.7 Å². The highest BCUT2D eigenvalue weighted by molar-refractivity contribution is 7.89. The Bertz CT molecular complexity index is 1130. The third-order valence-corrected chi connectivity index (χ3v) is 7.78. The molecule has 3 rings (SSSR count). The Morgan fingerprint density at radius 3 is 2.77 bits per heavy atom. The van der Waals surface area contributed by atoms with Gasteiger partial charge >= 0.3 is 5.97 Å². The van der Waals surface area contributed by atoms with Crippen LogP contribution in [0.3, 0.4) is 0 Å². The van der Waals surface area contributed by atoms with Crippen molar-refractivity contribution in [3.8, 4) is 0 Å². The van der Waals surface area contributed by atoms with Gasteiger partial charge in [0.1, 0.15) is 17.0 Å². The number of likely N-dealkylation sites (tertiary alicyclic amines) is 1. The number of nitrogens with one attached hydrogen (secondary N) is 2. The zero-order valence-electron chi connectivity index (χ0n) is 20.0. The molecule has 0 radical (unpaired) electrons. The van der Waals surface area contributed by atoms with E-state index in [0.29, 0.717) is 31.5 Å². The van der Waals surface area contributed by atoms with Gasteiger partial charge in [0.2, 0.25) is 15.9 Å². The van der Waals surface area contributed by atoms with Crippen LogP contribution in [0.2, 0.25) is 0 Å². The number of benzene rings is 1. The number of fused-ring (bicyclic) bond motifs is 1. The van der Waals surface area contributed by atoms with Crippen molar-refractivity contribution in [2.24, 2.45) is 22.4 Å². The van der Waals surface area contributed by atoms with Crippen molar-refractivity contribution in [3.63, 3.8) is 0 Å². The lowest BCUT2D eigenvalue weighted by Gasteiger charge is -2.38. The number of sulfonamides is 1. The first kappa shape index (κ1) is 26.5. The van der Waals surface area contributed by atoms with E-state index in [9.17, 15) is 23.1 Å². The molecule has 2 aliphatic rings. The van der Waals surface area contributed by atoms with Gasteiger partial charge in [-0.25, -0.2) is 13.2 Å². The number of hydrogen-bond donors (Lipinski definition) is 5. The number of amides is 1. The average Bonchev–Trinajstić information content (AvgIpc) is 2.79. The number of rotatable bonds is 9. The SMILES string of the molecule is CC1=Cc2cccc(S(=O)(=O)NC(CCCN=C(N)N)C(=O)N3CC[C@@H](C)C[C@@H]3C(=O)O)c2NC1. The van der Waals surface area contributed by atoms with Gasteiger partial charge in [-0.15, -0.1) is 0 Å². The third kappa shape index (κ3) is 6.51. The van der Waals surface area contributed by atoms with E-state index in [4.69, 9.17) is 11.5 Å². The van der Waals surface area contributed by atoms with E-state index in [-0.39, 0.29) is 36.3 Å². The van der Waals surface area contributed by atoms with E-state index >= 15 is 0 Å². The lowest BCUT2D eigenvalue weighted by molar-refractivity contribution is -0.153. The Morgan fingerprint density at radius 2 is 2.09 bits per heavy atom. The van der Waals surface area contributed by atoms with E-state index in [1.807, 2.05) is 26.0 Å². The number of guanidine groups is 1. The Labute approximate surface area is 205 Å². The van der Waals surface area contributed by atoms with Crippen LogP contribution in [0.1, 0.15) is 45.1 Å². The molecule has 1 fully saturated rings. The Morgan fingerprint density at radius 1 is 1.34 bits per heavy atom. The summed E-state index contributed by atoms with van der Waals surface area (Å²) in [5.41, 5.74) is 13.0. The van der Waals surface area contributed by atoms with Crippen molar-refractivity contribution in [2.75, 3.05) is 25.0 Å². The number of nitrogens with two attached hydrogens (primary N) is 2. The number of nitrogens with zero attached hydrogens (tertiary/aromatic N) is 2. The molecule has 0 bridgehead atoms. The summed E-state index contributed by atoms with van der Waals surface area (Å²) in [5, 5.41) is 12.8. The lowest BCUT2D eigenvalue weighted by atomic mass is 9.91. The predicted molar refractivity (Wildman–Crippen MR) is 134 cm³/mol. The van der Waals surface area contributed by atoms with Gasteiger partial charge < -0.3 is 26.8 Å². The fraction of sp³-hybridized carbons (Fsp3) is 0.522. The van der Waals surface area contributed by atoms with Gasteiger partial charge in [0.15, 0.2) is 5.96 Å². The fourth-order valence-corrected chi connectivity index (χ4v) is 5.89. The van der Waals surface area contributed by atoms with Crippen molar-refractivity contribution >= 4 is 39.6 Å². The first-order valence-electron chi connectivity index (χ1n) is 11.6. The van der Waals surface area contributed by atoms with Crippen LogP contribution in [-0.4, -0.2) is 68.0 Å². The number of hydrogen-bond acceptors (Lipinski definition) is 6. The predicted octanol–water partition coefficient (Wildman–Crippen LogP) is 0.928. The largest absolute Gasteiger partial charge is 0.480 e. The normalized spacial score (nSPS) is 20.7. The summed E-state index contributed by atoms with van der Waals surface area (Å²) in [6.07, 6.45) is 3.30. The summed E-state index contributed by atoms with van der Waals surface area (Å²) in [4.78, 5) is 30.6. The van der Waals surface area contributed by atoms with Gasteiger partial charge in [-0.3, -0.25) is 9.79 Å². The smallest absolute Gasteiger partial charge is 0.326 e. The number of anilines is 1. The first-order valence-corrected chi connectivity index (χ1v) is 13.1. The van der Waals surface area contributed by atoms with Crippen molar-refractivity contribution < 1.29 is 23.1 Å². The fourth-order valence-electron chi connectivity index (χ4n) is 4.45. The van der Waals surface area contributed by atoms with Crippen molar-refractivity contribution in [3.05, 3.63) is 29.3 Å². The van der Waals surface area contributed by atoms with Crippen LogP contribution in [0.25, 0.3) is 6.08 Å². The van der Waals surface area contributed by atoms with E-state index in [1.165, 1.54) is 11.0 Å². The molecule has 35 heavy (non-hydrogen) atoms. The summed E-state index contributed by atoms with van der Waals surface area (Å²) in [5.74, 6) is -1.62. The van der Waals surface area contributed by atoms with Gasteiger partial charge in [-0.2, -0.15) is 4.72 Å². The molecule has 1 unspecified atom stereocenters. The standard InChI is InChI=1S/C23H34N6O5S/c1-14-8-10-29(18(12-14)22(31)32)21(30)17(6-4-9-26-23(24)25)28-35(33,34)19-7-3-5-16-11-15(2)13-27-20(16)19/h3,5,7,11,14,17-18,27-28H,4,6,8-10,12-13H2,1-2H3,(H,31,32)(H4,24,25,26)/t14-,17?,18-/m1/s1. The first-order chi connectivity index (χ1) is 16.5. The molecule has 3 atom stereocenters. The molecule has 0 aliphatic carbocycles. The molecule has 1 aromatic rings. The second-order valence-electron chi connectivity index (χ2n) is 9.20. The molecule has 0 aromatic heterocycles. The average molecular weight is 507 g/mol. The highest BCUT2D eigenvalue weighted by atomic mass is 32.2. The van der Waals surface area contributed by atoms with Crippen LogP contribution >= 0.6 is 0 Å². The minimum atomic E-state index is -4.13. The highest BCUT2D eigenvalue weighted by Crippen LogP contribution is 2.31. The number of carbonyl (C=O) groups excluding carboxylic acids is 1. The Balaban J connectivity index is 1.90. The van der Waals surface area contributed by atoms with E-state index in [2.05, 4.69) is 15.0 Å². The number of carboxylic acids is 1. The zero-order chi connectivity index (χ0) is 25.8. The number of carbonyl (C=O) groups is 2. The monoisotopic (exact) mass is 506 g/mol. The molecule has 192 valence electrons. The minimum absolute atomic E-state index is 0.0304. The van der Waals surface area contributed by atoms with Gasteiger partial charge in [0, 0.05) is 19.6 Å². The Hall–Kier alpha value is -3.12. The van der Waals surface area contributed by atoms with E-state index in [1.54, 1.807) is 6.07 Å². The molecule has 0 saturated carbocycles. The van der Waals surface area contributed by atoms with Crippen LogP contribution in [0.4, 0.5) is 5.69 Å². The number of piperidine rings is 1. The van der Waals surface area contributed by atoms with Crippen molar-refractivity contribution in [1.82, 2.24) is 9.62 Å². The maximum Gasteiger partial charge on any atom is 0.326 e. The van der Waals surface area contributed by atoms with E-state index < -0.39 is 34.0 Å². The summed E-state index contributed by atoms with van der Waals surface area (Å²) in [7, 11) is -4.13. The van der Waals surface area contributed by atoms with Crippen molar-refractivity contribution in [1.29, 1.82) is 0 Å². The second-order valence-corrected chi connectivity index (χ2v) is 10.9. The van der Waals surface area contributed by atoms with Gasteiger partial charge in [-0.05, 0) is 50.2 Å². The maximum atomic E-state index is 13.5. The van der Waals surface area contributed by atoms with Crippen LogP contribution in [0, 0.1) is 5.92 Å². The summed E-state index contributed by atoms with van der Waals surface area (Å²) in [6.45, 7) is 4.84. The number of carboxylic acid groups (broad SMARTS) is 1. The Kier molecular flexibility index (Phi) is 8.39. The molecule has 2 aliphatic heterocycles. The third-order valence-electron chi connectivity index (χ3n) is 6.27. The molecule has 1 saturated heterocycles. The zero-order valence-corrected chi connectivity index (χ0v) is 20.8. The molecular formula is C23H34N6O5S. The maximum absolute atomic E-state index is 13.5. The second kappa shape index (κ2) is 11.1. The van der Waals surface area contributed by atoms with Gasteiger partial charge in [0.05, 0.1) is 5.69 Å². The molecule has 11 nitrogen and oxygen atoms in total. The summed E-state index contributed by atoms with van der Waals surface area (Å²) < 4.78 is 29.5. The minimum Gasteiger partial charge on any atom is -0.480 e. The lowest BCUT2D eigenvalue weighted by Crippen LogP contribution is -2.56. The van der Waals surface area contributed by atoms with E-state index in [0.717, 1.165) is 11.1 Å². The van der Waals surface area contributed by atoms with Crippen LogP contribution in [0.5, 0.6) is 0 Å². The molecular weight excluding hydrogens is 472 g/mol. The molecule has 7 N–H and O–H groups in total. The van der Waals surface area contributed by atoms with Crippen LogP contribution in [0.15, 0.2) is 33.7 Å². The highest BCUT2D eigenvalue weighted by Gasteiger charge is 2.39. The topological polar surface area (TPSA) is 180 Å². The number of aliphatic imine (C=N–C) groups is 1. The van der Waals surface area contributed by atoms with Crippen molar-refractivity contribution in [2.45, 2.75) is 56.5 Å². The quantitative estimate of drug-likeness (QED) is 0.186. The summed E-state index contributed by atoms with van der Waals surface area (Å²) >= 11 is 0. The van der Waals surface area contributed by atoms with Crippen LogP contribution in [-0.2, 0) is 19.6 Å². The molecule has 1 aromatic carbocycles. The molecule has 0 spiro atoms.